The molecule has 0 aromatic rings. The lowest BCUT2D eigenvalue weighted by molar-refractivity contribution is -0.753. The minimum absolute atomic E-state index is 0. The van der Waals surface area contributed by atoms with Gasteiger partial charge in [0.15, 0.2) is 0 Å². The van der Waals surface area contributed by atoms with Crippen LogP contribution in [-0.4, -0.2) is 29.6 Å². The first-order valence-electron chi connectivity index (χ1n) is 3.15. The van der Waals surface area contributed by atoms with Crippen molar-refractivity contribution in [2.24, 2.45) is 5.16 Å². The second kappa shape index (κ2) is 4.50. The number of rotatable bonds is 1. The van der Waals surface area contributed by atoms with Gasteiger partial charge in [-0.1, -0.05) is 6.08 Å². The van der Waals surface area contributed by atoms with E-state index in [0.717, 1.165) is 6.54 Å². The molecule has 0 bridgehead atoms. The Balaban J connectivity index is 0.000001000. The highest BCUT2D eigenvalue weighted by atomic mass is 127. The average molecular weight is 266 g/mol. The van der Waals surface area contributed by atoms with Crippen molar-refractivity contribution in [3.8, 4) is 0 Å². The first kappa shape index (κ1) is 10.6. The van der Waals surface area contributed by atoms with E-state index in [2.05, 4.69) is 5.16 Å². The number of likely N-dealkylation sites (N-methyl/N-ethyl adjacent to an activating group) is 1. The van der Waals surface area contributed by atoms with Crippen LogP contribution in [-0.2, 0) is 0 Å². The van der Waals surface area contributed by atoms with Gasteiger partial charge in [0.25, 0.3) is 0 Å². The summed E-state index contributed by atoms with van der Waals surface area (Å²) in [5.41, 5.74) is 0. The highest BCUT2D eigenvalue weighted by Gasteiger charge is 2.15. The first-order valence-corrected chi connectivity index (χ1v) is 3.15. The van der Waals surface area contributed by atoms with Crippen LogP contribution >= 0.6 is 0 Å². The summed E-state index contributed by atoms with van der Waals surface area (Å²) < 4.78 is 0.535. The van der Waals surface area contributed by atoms with Gasteiger partial charge in [0.2, 0.25) is 6.34 Å². The fourth-order valence-electron chi connectivity index (χ4n) is 0.877. The summed E-state index contributed by atoms with van der Waals surface area (Å²) in [6.45, 7) is 0.848. The number of oxime groups is 1. The van der Waals surface area contributed by atoms with Crippen molar-refractivity contribution in [2.45, 2.75) is 0 Å². The third kappa shape index (κ3) is 3.02. The van der Waals surface area contributed by atoms with Crippen molar-refractivity contribution in [3.63, 3.8) is 0 Å². The highest BCUT2D eigenvalue weighted by molar-refractivity contribution is 5.46. The van der Waals surface area contributed by atoms with Gasteiger partial charge in [-0.15, -0.1) is 0 Å². The van der Waals surface area contributed by atoms with Crippen LogP contribution in [0.2, 0.25) is 0 Å². The maximum atomic E-state index is 8.28. The molecule has 1 heterocycles. The van der Waals surface area contributed by atoms with E-state index < -0.39 is 0 Å². The summed E-state index contributed by atoms with van der Waals surface area (Å²) in [5.74, 6) is 0. The van der Waals surface area contributed by atoms with E-state index >= 15 is 0 Å². The van der Waals surface area contributed by atoms with Crippen molar-refractivity contribution in [3.05, 3.63) is 24.4 Å². The van der Waals surface area contributed by atoms with E-state index in [1.54, 1.807) is 0 Å². The molecule has 0 radical (unpaired) electrons. The number of halogens is 1. The summed E-state index contributed by atoms with van der Waals surface area (Å²) in [6, 6.07) is 0. The maximum absolute atomic E-state index is 8.28. The first-order chi connectivity index (χ1) is 4.77. The molecule has 0 amide bonds. The minimum atomic E-state index is 0. The van der Waals surface area contributed by atoms with Gasteiger partial charge in [0.1, 0.15) is 12.7 Å². The summed E-state index contributed by atoms with van der Waals surface area (Å²) in [7, 11) is 1.96. The Hall–Kier alpha value is -0.360. The minimum Gasteiger partial charge on any atom is -1.00 e. The number of nitrogens with zero attached hydrogens (tertiary/aromatic N) is 2. The van der Waals surface area contributed by atoms with E-state index in [0.29, 0.717) is 4.48 Å². The van der Waals surface area contributed by atoms with Gasteiger partial charge in [-0.25, -0.2) is 0 Å². The predicted octanol–water partition coefficient (Wildman–Crippen LogP) is -2.06. The van der Waals surface area contributed by atoms with Gasteiger partial charge in [0.05, 0.1) is 7.05 Å². The molecule has 62 valence electrons. The largest absolute Gasteiger partial charge is 1.00 e. The molecule has 1 unspecified atom stereocenters. The van der Waals surface area contributed by atoms with Crippen molar-refractivity contribution >= 4 is 6.34 Å². The summed E-state index contributed by atoms with van der Waals surface area (Å²) in [4.78, 5) is 0. The van der Waals surface area contributed by atoms with Crippen LogP contribution in [0.25, 0.3) is 0 Å². The fraction of sp³-hybridized carbons (Fsp3) is 0.286. The molecule has 0 spiro atoms. The predicted molar refractivity (Wildman–Crippen MR) is 39.6 cm³/mol. The van der Waals surface area contributed by atoms with Crippen molar-refractivity contribution < 1.29 is 33.7 Å². The number of allylic oxidation sites excluding steroid dienone is 2. The smallest absolute Gasteiger partial charge is 0.229 e. The molecule has 0 saturated carbocycles. The molecule has 0 aromatic carbocycles. The van der Waals surface area contributed by atoms with Gasteiger partial charge in [-0.2, -0.15) is 0 Å². The SMILES string of the molecule is C[N+]1(/C=N\O)C=CC=CC1.[I-]. The molecule has 1 rings (SSSR count). The Morgan fingerprint density at radius 3 is 2.73 bits per heavy atom. The Labute approximate surface area is 83.3 Å². The Bertz CT molecular complexity index is 201. The van der Waals surface area contributed by atoms with Gasteiger partial charge >= 0.3 is 0 Å². The van der Waals surface area contributed by atoms with Crippen molar-refractivity contribution in [1.82, 2.24) is 0 Å². The molecule has 1 atom stereocenters. The van der Waals surface area contributed by atoms with Crippen LogP contribution in [0, 0.1) is 0 Å². The lowest BCUT2D eigenvalue weighted by Crippen LogP contribution is -3.00. The van der Waals surface area contributed by atoms with E-state index in [1.807, 2.05) is 31.5 Å². The van der Waals surface area contributed by atoms with Crippen LogP contribution in [0.3, 0.4) is 0 Å². The monoisotopic (exact) mass is 266 g/mol. The molecule has 1 aliphatic heterocycles. The van der Waals surface area contributed by atoms with Gasteiger partial charge in [0, 0.05) is 0 Å². The average Bonchev–Trinajstić information content (AvgIpc) is 1.89. The molecule has 0 fully saturated rings. The standard InChI is InChI=1S/C7H10N2O.HI/c1-9(7-8-10)5-3-2-4-6-9;/h2-5,7H,6H2,1H3;1H/b8-7-;. The Morgan fingerprint density at radius 1 is 1.55 bits per heavy atom. The van der Waals surface area contributed by atoms with E-state index in [-0.39, 0.29) is 24.0 Å². The zero-order valence-corrected chi connectivity index (χ0v) is 8.47. The number of quaternary nitrogens is 1. The summed E-state index contributed by atoms with van der Waals surface area (Å²) in [6.07, 6.45) is 9.39. The molecule has 4 heteroatoms. The van der Waals surface area contributed by atoms with E-state index in [9.17, 15) is 0 Å². The van der Waals surface area contributed by atoms with Gasteiger partial charge in [-0.05, 0) is 17.3 Å². The highest BCUT2D eigenvalue weighted by Crippen LogP contribution is 2.04. The van der Waals surface area contributed by atoms with Gasteiger partial charge < -0.3 is 29.2 Å². The molecule has 0 aromatic heterocycles. The molecular formula is C7H11IN2O. The van der Waals surface area contributed by atoms with Crippen molar-refractivity contribution in [2.75, 3.05) is 13.6 Å². The number of hydrogen-bond donors (Lipinski definition) is 1. The maximum Gasteiger partial charge on any atom is 0.229 e. The molecule has 11 heavy (non-hydrogen) atoms. The van der Waals surface area contributed by atoms with Crippen molar-refractivity contribution in [1.29, 1.82) is 0 Å². The van der Waals surface area contributed by atoms with Crippen LogP contribution in [0.15, 0.2) is 29.6 Å². The zero-order chi connectivity index (χ0) is 7.45. The molecule has 3 nitrogen and oxygen atoms in total. The third-order valence-electron chi connectivity index (χ3n) is 1.49. The normalized spacial score (nSPS) is 28.8. The number of hydrogen-bond acceptors (Lipinski definition) is 2. The van der Waals surface area contributed by atoms with Gasteiger partial charge in [-0.3, -0.25) is 4.48 Å². The molecule has 0 aliphatic carbocycles. The van der Waals surface area contributed by atoms with Crippen LogP contribution < -0.4 is 24.0 Å². The second-order valence-electron chi connectivity index (χ2n) is 2.53. The quantitative estimate of drug-likeness (QED) is 0.145. The summed E-state index contributed by atoms with van der Waals surface area (Å²) >= 11 is 0. The van der Waals surface area contributed by atoms with Crippen LogP contribution in [0.5, 0.6) is 0 Å². The van der Waals surface area contributed by atoms with E-state index in [1.165, 1.54) is 6.34 Å². The molecule has 1 N–H and O–H groups in total. The Kier molecular flexibility index (Phi) is 4.36. The molecule has 0 saturated heterocycles. The van der Waals surface area contributed by atoms with Crippen LogP contribution in [0.1, 0.15) is 0 Å². The van der Waals surface area contributed by atoms with E-state index in [4.69, 9.17) is 5.21 Å². The fourth-order valence-corrected chi connectivity index (χ4v) is 0.877. The third-order valence-corrected chi connectivity index (χ3v) is 1.49. The topological polar surface area (TPSA) is 32.6 Å². The molecule has 1 aliphatic rings. The van der Waals surface area contributed by atoms with Crippen LogP contribution in [0.4, 0.5) is 0 Å². The Morgan fingerprint density at radius 2 is 2.27 bits per heavy atom. The molecular weight excluding hydrogens is 255 g/mol. The summed E-state index contributed by atoms with van der Waals surface area (Å²) in [5, 5.41) is 11.3. The zero-order valence-electron chi connectivity index (χ0n) is 6.31. The lowest BCUT2D eigenvalue weighted by atomic mass is 10.3. The lowest BCUT2D eigenvalue weighted by Gasteiger charge is -2.23. The second-order valence-corrected chi connectivity index (χ2v) is 2.53.